The van der Waals surface area contributed by atoms with Gasteiger partial charge < -0.3 is 16.0 Å². The number of nitrogen functional groups attached to an aromatic ring is 1. The fraction of sp³-hybridized carbons (Fsp3) is 0.0455. The van der Waals surface area contributed by atoms with E-state index in [2.05, 4.69) is 32.4 Å². The van der Waals surface area contributed by atoms with Gasteiger partial charge in [0.2, 0.25) is 0 Å². The van der Waals surface area contributed by atoms with Crippen LogP contribution < -0.4 is 16.0 Å². The van der Waals surface area contributed by atoms with Crippen molar-refractivity contribution in [2.75, 3.05) is 16.0 Å². The molecule has 0 saturated carbocycles. The number of pyridine rings is 1. The summed E-state index contributed by atoms with van der Waals surface area (Å²) in [5, 5.41) is 3.26. The van der Waals surface area contributed by atoms with E-state index in [-0.39, 0.29) is 0 Å². The van der Waals surface area contributed by atoms with Crippen molar-refractivity contribution in [3.05, 3.63) is 97.0 Å². The summed E-state index contributed by atoms with van der Waals surface area (Å²) in [5.41, 5.74) is 8.97. The van der Waals surface area contributed by atoms with Crippen LogP contribution in [0.3, 0.4) is 0 Å². The van der Waals surface area contributed by atoms with Crippen molar-refractivity contribution in [3.8, 4) is 0 Å². The minimum absolute atomic E-state index is 0.466. The third kappa shape index (κ3) is 3.91. The molecular formula is C22H20N6. The number of hydrogen-bond donors (Lipinski definition) is 2. The standard InChI is InChI=1S/C22H20N6/c23-20-21(27-18-11-5-2-6-12-18)25-16-26-22(20)28(19-13-7-8-14-24-19)15-17-9-3-1-4-10-17/h1-14,16H,15,23H2,(H,25,26,27). The molecule has 0 atom stereocenters. The molecule has 6 nitrogen and oxygen atoms in total. The van der Waals surface area contributed by atoms with Crippen LogP contribution in [0.25, 0.3) is 0 Å². The number of nitrogens with zero attached hydrogens (tertiary/aromatic N) is 4. The highest BCUT2D eigenvalue weighted by molar-refractivity contribution is 5.80. The zero-order valence-corrected chi connectivity index (χ0v) is 15.2. The van der Waals surface area contributed by atoms with E-state index < -0.39 is 0 Å². The predicted octanol–water partition coefficient (Wildman–Crippen LogP) is 4.54. The average molecular weight is 368 g/mol. The van der Waals surface area contributed by atoms with Gasteiger partial charge in [-0.3, -0.25) is 0 Å². The lowest BCUT2D eigenvalue weighted by Crippen LogP contribution is -2.21. The highest BCUT2D eigenvalue weighted by atomic mass is 15.3. The maximum atomic E-state index is 6.47. The lowest BCUT2D eigenvalue weighted by Gasteiger charge is -2.24. The van der Waals surface area contributed by atoms with Gasteiger partial charge in [0, 0.05) is 11.9 Å². The van der Waals surface area contributed by atoms with Crippen LogP contribution in [-0.4, -0.2) is 15.0 Å². The number of nitrogens with one attached hydrogen (secondary N) is 1. The van der Waals surface area contributed by atoms with Crippen molar-refractivity contribution in [3.63, 3.8) is 0 Å². The molecular weight excluding hydrogens is 348 g/mol. The molecule has 138 valence electrons. The SMILES string of the molecule is Nc1c(Nc2ccccc2)ncnc1N(Cc1ccccc1)c1ccccn1. The van der Waals surface area contributed by atoms with Gasteiger partial charge in [0.1, 0.15) is 17.8 Å². The Hall–Kier alpha value is -3.93. The summed E-state index contributed by atoms with van der Waals surface area (Å²) >= 11 is 0. The third-order valence-electron chi connectivity index (χ3n) is 4.26. The van der Waals surface area contributed by atoms with Crippen LogP contribution in [0.4, 0.5) is 28.8 Å². The van der Waals surface area contributed by atoms with Crippen molar-refractivity contribution in [1.29, 1.82) is 0 Å². The van der Waals surface area contributed by atoms with Crippen LogP contribution >= 0.6 is 0 Å². The number of hydrogen-bond acceptors (Lipinski definition) is 6. The lowest BCUT2D eigenvalue weighted by atomic mass is 10.2. The first kappa shape index (κ1) is 17.5. The van der Waals surface area contributed by atoms with Crippen molar-refractivity contribution >= 4 is 28.8 Å². The Morgan fingerprint density at radius 3 is 2.21 bits per heavy atom. The van der Waals surface area contributed by atoms with Gasteiger partial charge in [-0.25, -0.2) is 15.0 Å². The Morgan fingerprint density at radius 2 is 1.50 bits per heavy atom. The predicted molar refractivity (Wildman–Crippen MR) is 113 cm³/mol. The van der Waals surface area contributed by atoms with Crippen molar-refractivity contribution in [2.45, 2.75) is 6.54 Å². The van der Waals surface area contributed by atoms with Crippen LogP contribution in [0, 0.1) is 0 Å². The minimum atomic E-state index is 0.466. The van der Waals surface area contributed by atoms with E-state index >= 15 is 0 Å². The number of rotatable bonds is 6. The molecule has 3 N–H and O–H groups in total. The van der Waals surface area contributed by atoms with Crippen molar-refractivity contribution < 1.29 is 0 Å². The van der Waals surface area contributed by atoms with Crippen LogP contribution in [0.2, 0.25) is 0 Å². The molecule has 0 aliphatic carbocycles. The summed E-state index contributed by atoms with van der Waals surface area (Å²) in [6.45, 7) is 0.587. The number of anilines is 5. The molecule has 0 unspecified atom stereocenters. The van der Waals surface area contributed by atoms with E-state index in [0.717, 1.165) is 17.1 Å². The summed E-state index contributed by atoms with van der Waals surface area (Å²) in [4.78, 5) is 15.3. The van der Waals surface area contributed by atoms with Crippen LogP contribution in [-0.2, 0) is 6.54 Å². The molecule has 0 fully saturated rings. The Bertz CT molecular complexity index is 1020. The number of para-hydroxylation sites is 1. The molecule has 0 amide bonds. The highest BCUT2D eigenvalue weighted by Crippen LogP contribution is 2.33. The molecule has 6 heteroatoms. The average Bonchev–Trinajstić information content (AvgIpc) is 2.76. The van der Waals surface area contributed by atoms with E-state index in [1.54, 1.807) is 6.20 Å². The maximum absolute atomic E-state index is 6.47. The quantitative estimate of drug-likeness (QED) is 0.520. The summed E-state index contributed by atoms with van der Waals surface area (Å²) in [5.74, 6) is 1.93. The molecule has 2 aromatic carbocycles. The number of benzene rings is 2. The Labute approximate surface area is 163 Å². The number of aromatic nitrogens is 3. The first-order valence-corrected chi connectivity index (χ1v) is 8.96. The van der Waals surface area contributed by atoms with Crippen LogP contribution in [0.5, 0.6) is 0 Å². The molecule has 2 heterocycles. The molecule has 0 spiro atoms. The second-order valence-corrected chi connectivity index (χ2v) is 6.21. The maximum Gasteiger partial charge on any atom is 0.163 e. The van der Waals surface area contributed by atoms with E-state index in [1.165, 1.54) is 6.33 Å². The van der Waals surface area contributed by atoms with E-state index in [4.69, 9.17) is 5.73 Å². The van der Waals surface area contributed by atoms with Gasteiger partial charge in [-0.2, -0.15) is 0 Å². The van der Waals surface area contributed by atoms with Crippen LogP contribution in [0.1, 0.15) is 5.56 Å². The van der Waals surface area contributed by atoms with Crippen molar-refractivity contribution in [2.24, 2.45) is 0 Å². The Balaban J connectivity index is 1.73. The van der Waals surface area contributed by atoms with Gasteiger partial charge in [0.05, 0.1) is 6.54 Å². The Morgan fingerprint density at radius 1 is 0.786 bits per heavy atom. The van der Waals surface area contributed by atoms with Gasteiger partial charge in [-0.05, 0) is 29.8 Å². The molecule has 4 aromatic rings. The lowest BCUT2D eigenvalue weighted by molar-refractivity contribution is 0.918. The molecule has 28 heavy (non-hydrogen) atoms. The molecule has 2 aromatic heterocycles. The normalized spacial score (nSPS) is 10.4. The van der Waals surface area contributed by atoms with Crippen LogP contribution in [0.15, 0.2) is 91.4 Å². The molecule has 4 rings (SSSR count). The summed E-state index contributed by atoms with van der Waals surface area (Å²) in [7, 11) is 0. The van der Waals surface area contributed by atoms with Gasteiger partial charge in [0.25, 0.3) is 0 Å². The van der Waals surface area contributed by atoms with E-state index in [0.29, 0.717) is 23.9 Å². The van der Waals surface area contributed by atoms with E-state index in [1.807, 2.05) is 71.6 Å². The molecule has 0 bridgehead atoms. The van der Waals surface area contributed by atoms with Gasteiger partial charge in [-0.15, -0.1) is 0 Å². The molecule has 0 radical (unpaired) electrons. The van der Waals surface area contributed by atoms with Gasteiger partial charge in [0.15, 0.2) is 11.6 Å². The minimum Gasteiger partial charge on any atom is -0.393 e. The second kappa shape index (κ2) is 8.18. The monoisotopic (exact) mass is 368 g/mol. The smallest absolute Gasteiger partial charge is 0.163 e. The zero-order chi connectivity index (χ0) is 19.2. The summed E-state index contributed by atoms with van der Waals surface area (Å²) < 4.78 is 0. The van der Waals surface area contributed by atoms with Crippen molar-refractivity contribution in [1.82, 2.24) is 15.0 Å². The molecule has 0 aliphatic heterocycles. The second-order valence-electron chi connectivity index (χ2n) is 6.21. The third-order valence-corrected chi connectivity index (χ3v) is 4.26. The van der Waals surface area contributed by atoms with E-state index in [9.17, 15) is 0 Å². The summed E-state index contributed by atoms with van der Waals surface area (Å²) in [6.07, 6.45) is 3.27. The fourth-order valence-electron chi connectivity index (χ4n) is 2.90. The molecule has 0 aliphatic rings. The molecule has 0 saturated heterocycles. The van der Waals surface area contributed by atoms with Gasteiger partial charge in [-0.1, -0.05) is 54.6 Å². The summed E-state index contributed by atoms with van der Waals surface area (Å²) in [6, 6.07) is 25.7. The first-order chi connectivity index (χ1) is 13.8. The largest absolute Gasteiger partial charge is 0.393 e. The zero-order valence-electron chi connectivity index (χ0n) is 15.2. The Kier molecular flexibility index (Phi) is 5.11. The fourth-order valence-corrected chi connectivity index (χ4v) is 2.90. The first-order valence-electron chi connectivity index (χ1n) is 8.96. The van der Waals surface area contributed by atoms with Gasteiger partial charge >= 0.3 is 0 Å². The topological polar surface area (TPSA) is 80.0 Å². The highest BCUT2D eigenvalue weighted by Gasteiger charge is 2.18. The number of nitrogens with two attached hydrogens (primary N) is 1.